The fourth-order valence-electron chi connectivity index (χ4n) is 2.13. The van der Waals surface area contributed by atoms with Crippen molar-refractivity contribution in [3.05, 3.63) is 53.1 Å². The Kier molecular flexibility index (Phi) is 6.86. The summed E-state index contributed by atoms with van der Waals surface area (Å²) >= 11 is 5.80. The van der Waals surface area contributed by atoms with Crippen molar-refractivity contribution in [2.75, 3.05) is 19.0 Å². The molecule has 2 rings (SSSR count). The zero-order valence-corrected chi connectivity index (χ0v) is 15.5. The van der Waals surface area contributed by atoms with Gasteiger partial charge in [0.05, 0.1) is 19.3 Å². The van der Waals surface area contributed by atoms with Gasteiger partial charge in [-0.3, -0.25) is 4.79 Å². The van der Waals surface area contributed by atoms with Crippen molar-refractivity contribution < 1.29 is 23.8 Å². The number of rotatable bonds is 7. The number of ether oxygens (including phenoxy) is 3. The number of carbonyl (C=O) groups is 2. The summed E-state index contributed by atoms with van der Waals surface area (Å²) < 4.78 is 15.8. The first-order chi connectivity index (χ1) is 12.4. The van der Waals surface area contributed by atoms with Gasteiger partial charge in [0, 0.05) is 10.7 Å². The highest BCUT2D eigenvalue weighted by atomic mass is 35.5. The summed E-state index contributed by atoms with van der Waals surface area (Å²) in [5.74, 6) is -0.136. The number of nitrogens with one attached hydrogen (secondary N) is 1. The van der Waals surface area contributed by atoms with Crippen LogP contribution in [0.3, 0.4) is 0 Å². The van der Waals surface area contributed by atoms with Crippen LogP contribution in [-0.4, -0.2) is 31.7 Å². The van der Waals surface area contributed by atoms with Crippen LogP contribution in [0, 0.1) is 0 Å². The minimum Gasteiger partial charge on any atom is -0.493 e. The van der Waals surface area contributed by atoms with Gasteiger partial charge >= 0.3 is 5.97 Å². The quantitative estimate of drug-likeness (QED) is 0.740. The molecule has 7 heteroatoms. The van der Waals surface area contributed by atoms with Crippen molar-refractivity contribution in [3.63, 3.8) is 0 Å². The summed E-state index contributed by atoms with van der Waals surface area (Å²) in [5, 5.41) is 3.22. The smallest absolute Gasteiger partial charge is 0.339 e. The van der Waals surface area contributed by atoms with Crippen molar-refractivity contribution >= 4 is 29.2 Å². The highest BCUT2D eigenvalue weighted by Gasteiger charge is 2.20. The highest BCUT2D eigenvalue weighted by molar-refractivity contribution is 6.30. The molecule has 138 valence electrons. The van der Waals surface area contributed by atoms with Gasteiger partial charge in [-0.2, -0.15) is 0 Å². The van der Waals surface area contributed by atoms with Crippen LogP contribution < -0.4 is 14.8 Å². The van der Waals surface area contributed by atoms with Crippen LogP contribution in [-0.2, 0) is 9.53 Å². The maximum atomic E-state index is 12.3. The number of esters is 1. The van der Waals surface area contributed by atoms with E-state index >= 15 is 0 Å². The molecule has 0 saturated carbocycles. The molecule has 2 aromatic carbocycles. The van der Waals surface area contributed by atoms with Gasteiger partial charge in [-0.25, -0.2) is 4.79 Å². The van der Waals surface area contributed by atoms with Crippen LogP contribution >= 0.6 is 11.6 Å². The number of amides is 1. The molecule has 0 bridgehead atoms. The Morgan fingerprint density at radius 1 is 1.12 bits per heavy atom. The molecule has 0 aromatic heterocycles. The molecule has 26 heavy (non-hydrogen) atoms. The second-order valence-corrected chi connectivity index (χ2v) is 5.78. The third kappa shape index (κ3) is 5.13. The lowest BCUT2D eigenvalue weighted by Gasteiger charge is -2.15. The van der Waals surface area contributed by atoms with Crippen molar-refractivity contribution in [3.8, 4) is 11.5 Å². The first-order valence-electron chi connectivity index (χ1n) is 8.02. The molecular formula is C19H20ClNO5. The predicted molar refractivity (Wildman–Crippen MR) is 99.1 cm³/mol. The maximum Gasteiger partial charge on any atom is 0.339 e. The van der Waals surface area contributed by atoms with Crippen molar-refractivity contribution in [1.82, 2.24) is 0 Å². The minimum absolute atomic E-state index is 0.261. The fraction of sp³-hybridized carbons (Fsp3) is 0.263. The first-order valence-corrected chi connectivity index (χ1v) is 8.40. The Morgan fingerprint density at radius 3 is 2.42 bits per heavy atom. The molecule has 0 spiro atoms. The number of methoxy groups -OCH3 is 1. The zero-order chi connectivity index (χ0) is 19.1. The van der Waals surface area contributed by atoms with Gasteiger partial charge in [0.1, 0.15) is 0 Å². The predicted octanol–water partition coefficient (Wildman–Crippen LogP) is 3.93. The summed E-state index contributed by atoms with van der Waals surface area (Å²) in [4.78, 5) is 24.4. The van der Waals surface area contributed by atoms with Gasteiger partial charge in [0.15, 0.2) is 17.6 Å². The number of hydrogen-bond acceptors (Lipinski definition) is 5. The Balaban J connectivity index is 2.01. The SMILES string of the molecule is CCOc1ccc(C(=O)OC(C)C(=O)Nc2ccc(Cl)cc2)cc1OC. The van der Waals surface area contributed by atoms with Gasteiger partial charge in [-0.05, 0) is 56.3 Å². The third-order valence-electron chi connectivity index (χ3n) is 3.46. The van der Waals surface area contributed by atoms with E-state index < -0.39 is 18.0 Å². The number of carbonyl (C=O) groups excluding carboxylic acids is 2. The minimum atomic E-state index is -0.976. The number of benzene rings is 2. The lowest BCUT2D eigenvalue weighted by atomic mass is 10.2. The molecule has 0 aliphatic heterocycles. The van der Waals surface area contributed by atoms with Crippen molar-refractivity contribution in [2.45, 2.75) is 20.0 Å². The average Bonchev–Trinajstić information content (AvgIpc) is 2.64. The Hall–Kier alpha value is -2.73. The lowest BCUT2D eigenvalue weighted by molar-refractivity contribution is -0.123. The topological polar surface area (TPSA) is 73.9 Å². The van der Waals surface area contributed by atoms with E-state index in [0.717, 1.165) is 0 Å². The molecule has 0 aliphatic carbocycles. The van der Waals surface area contributed by atoms with Crippen LogP contribution in [0.1, 0.15) is 24.2 Å². The highest BCUT2D eigenvalue weighted by Crippen LogP contribution is 2.28. The zero-order valence-electron chi connectivity index (χ0n) is 14.7. The summed E-state index contributed by atoms with van der Waals surface area (Å²) in [5.41, 5.74) is 0.821. The molecule has 6 nitrogen and oxygen atoms in total. The van der Waals surface area contributed by atoms with Gasteiger partial charge in [0.25, 0.3) is 5.91 Å². The Bertz CT molecular complexity index is 776. The summed E-state index contributed by atoms with van der Waals surface area (Å²) in [6.45, 7) is 3.82. The van der Waals surface area contributed by atoms with E-state index in [1.165, 1.54) is 20.1 Å². The molecule has 0 heterocycles. The Morgan fingerprint density at radius 2 is 1.81 bits per heavy atom. The molecule has 0 fully saturated rings. The molecule has 2 aromatic rings. The lowest BCUT2D eigenvalue weighted by Crippen LogP contribution is -2.30. The largest absolute Gasteiger partial charge is 0.493 e. The van der Waals surface area contributed by atoms with Crippen LogP contribution in [0.2, 0.25) is 5.02 Å². The van der Waals surface area contributed by atoms with E-state index in [1.54, 1.807) is 36.4 Å². The average molecular weight is 378 g/mol. The van der Waals surface area contributed by atoms with Crippen molar-refractivity contribution in [1.29, 1.82) is 0 Å². The van der Waals surface area contributed by atoms with Gasteiger partial charge in [0.2, 0.25) is 0 Å². The maximum absolute atomic E-state index is 12.3. The first kappa shape index (κ1) is 19.6. The van der Waals surface area contributed by atoms with E-state index in [-0.39, 0.29) is 5.56 Å². The molecule has 1 atom stereocenters. The van der Waals surface area contributed by atoms with E-state index in [2.05, 4.69) is 5.32 Å². The third-order valence-corrected chi connectivity index (χ3v) is 3.72. The van der Waals surface area contributed by atoms with Crippen LogP contribution in [0.4, 0.5) is 5.69 Å². The van der Waals surface area contributed by atoms with Gasteiger partial charge < -0.3 is 19.5 Å². The van der Waals surface area contributed by atoms with Gasteiger partial charge in [-0.1, -0.05) is 11.6 Å². The molecular weight excluding hydrogens is 358 g/mol. The van der Waals surface area contributed by atoms with E-state index in [9.17, 15) is 9.59 Å². The normalized spacial score (nSPS) is 11.4. The fourth-order valence-corrected chi connectivity index (χ4v) is 2.25. The molecule has 1 amide bonds. The van der Waals surface area contributed by atoms with Crippen LogP contribution in [0.15, 0.2) is 42.5 Å². The molecule has 1 N–H and O–H groups in total. The second-order valence-electron chi connectivity index (χ2n) is 5.34. The second kappa shape index (κ2) is 9.10. The van der Waals surface area contributed by atoms with E-state index in [0.29, 0.717) is 28.8 Å². The summed E-state index contributed by atoms with van der Waals surface area (Å²) in [6, 6.07) is 11.3. The molecule has 1 unspecified atom stereocenters. The van der Waals surface area contributed by atoms with Crippen LogP contribution in [0.5, 0.6) is 11.5 Å². The summed E-state index contributed by atoms with van der Waals surface area (Å²) in [7, 11) is 1.48. The molecule has 0 saturated heterocycles. The molecule has 0 aliphatic rings. The number of hydrogen-bond donors (Lipinski definition) is 1. The number of halogens is 1. The Labute approximate surface area is 157 Å². The number of anilines is 1. The van der Waals surface area contributed by atoms with Gasteiger partial charge in [-0.15, -0.1) is 0 Å². The standard InChI is InChI=1S/C19H20ClNO5/c1-4-25-16-10-5-13(11-17(16)24-3)19(23)26-12(2)18(22)21-15-8-6-14(20)7-9-15/h5-12H,4H2,1-3H3,(H,21,22). The monoisotopic (exact) mass is 377 g/mol. The summed E-state index contributed by atoms with van der Waals surface area (Å²) in [6.07, 6.45) is -0.976. The van der Waals surface area contributed by atoms with Crippen molar-refractivity contribution in [2.24, 2.45) is 0 Å². The van der Waals surface area contributed by atoms with E-state index in [4.69, 9.17) is 25.8 Å². The van der Waals surface area contributed by atoms with E-state index in [1.807, 2.05) is 6.92 Å². The molecule has 0 radical (unpaired) electrons. The van der Waals surface area contributed by atoms with Crippen LogP contribution in [0.25, 0.3) is 0 Å².